The van der Waals surface area contributed by atoms with Crippen molar-refractivity contribution in [3.63, 3.8) is 0 Å². The second kappa shape index (κ2) is 6.63. The van der Waals surface area contributed by atoms with Crippen LogP contribution in [0, 0.1) is 13.8 Å². The van der Waals surface area contributed by atoms with Crippen LogP contribution in [0.25, 0.3) is 0 Å². The highest BCUT2D eigenvalue weighted by Gasteiger charge is 2.11. The van der Waals surface area contributed by atoms with E-state index >= 15 is 0 Å². The van der Waals surface area contributed by atoms with Gasteiger partial charge in [0.15, 0.2) is 0 Å². The number of amides is 2. The minimum Gasteiger partial charge on any atom is -0.334 e. The summed E-state index contributed by atoms with van der Waals surface area (Å²) in [6, 6.07) is 6.78. The smallest absolute Gasteiger partial charge is 0.319 e. The van der Waals surface area contributed by atoms with Crippen molar-refractivity contribution in [2.24, 2.45) is 0 Å². The molecule has 0 atom stereocenters. The van der Waals surface area contributed by atoms with Crippen LogP contribution in [0.4, 0.5) is 10.5 Å². The Balaban J connectivity index is 1.97. The van der Waals surface area contributed by atoms with Gasteiger partial charge in [0.05, 0.1) is 5.69 Å². The number of aryl methyl sites for hydroxylation is 2. The zero-order valence-corrected chi connectivity index (χ0v) is 13.2. The summed E-state index contributed by atoms with van der Waals surface area (Å²) in [6.45, 7) is 7.27. The first-order chi connectivity index (χ1) is 10.0. The second-order valence-corrected chi connectivity index (χ2v) is 5.22. The Bertz CT molecular complexity index is 651. The third-order valence-electron chi connectivity index (χ3n) is 3.34. The number of nitrogens with one attached hydrogen (secondary N) is 2. The van der Waals surface area contributed by atoms with Crippen molar-refractivity contribution in [2.45, 2.75) is 33.9 Å². The molecular weight excluding hydrogens is 288 g/mol. The van der Waals surface area contributed by atoms with Crippen molar-refractivity contribution in [3.8, 4) is 0 Å². The number of halogens is 1. The molecule has 0 saturated heterocycles. The predicted molar refractivity (Wildman–Crippen MR) is 84.7 cm³/mol. The van der Waals surface area contributed by atoms with Gasteiger partial charge in [0, 0.05) is 35.1 Å². The van der Waals surface area contributed by atoms with Crippen molar-refractivity contribution in [1.29, 1.82) is 0 Å². The Morgan fingerprint density at radius 2 is 2.14 bits per heavy atom. The fourth-order valence-corrected chi connectivity index (χ4v) is 2.40. The molecule has 0 spiro atoms. The molecule has 1 aromatic heterocycles. The molecule has 5 nitrogen and oxygen atoms in total. The lowest BCUT2D eigenvalue weighted by Gasteiger charge is -2.08. The molecule has 0 saturated carbocycles. The molecule has 0 aliphatic rings. The molecule has 2 amide bonds. The van der Waals surface area contributed by atoms with E-state index in [1.54, 1.807) is 24.3 Å². The van der Waals surface area contributed by atoms with Gasteiger partial charge in [-0.25, -0.2) is 4.79 Å². The monoisotopic (exact) mass is 306 g/mol. The van der Waals surface area contributed by atoms with E-state index in [4.69, 9.17) is 11.6 Å². The Morgan fingerprint density at radius 1 is 1.38 bits per heavy atom. The number of aromatic nitrogens is 2. The van der Waals surface area contributed by atoms with Crippen LogP contribution in [0.2, 0.25) is 5.02 Å². The molecule has 2 rings (SSSR count). The van der Waals surface area contributed by atoms with Gasteiger partial charge < -0.3 is 10.6 Å². The fraction of sp³-hybridized carbons (Fsp3) is 0.333. The van der Waals surface area contributed by atoms with Gasteiger partial charge >= 0.3 is 6.03 Å². The van der Waals surface area contributed by atoms with Gasteiger partial charge in [-0.3, -0.25) is 4.68 Å². The molecule has 1 aromatic carbocycles. The van der Waals surface area contributed by atoms with Crippen LogP contribution in [-0.4, -0.2) is 15.8 Å². The van der Waals surface area contributed by atoms with E-state index in [1.165, 1.54) is 0 Å². The van der Waals surface area contributed by atoms with Crippen LogP contribution >= 0.6 is 11.6 Å². The number of carbonyl (C=O) groups is 1. The highest BCUT2D eigenvalue weighted by Crippen LogP contribution is 2.15. The highest BCUT2D eigenvalue weighted by atomic mass is 35.5. The molecule has 112 valence electrons. The van der Waals surface area contributed by atoms with E-state index in [0.717, 1.165) is 23.5 Å². The van der Waals surface area contributed by atoms with Gasteiger partial charge in [-0.1, -0.05) is 17.7 Å². The van der Waals surface area contributed by atoms with Crippen molar-refractivity contribution in [3.05, 3.63) is 46.2 Å². The quantitative estimate of drug-likeness (QED) is 0.908. The standard InChI is InChI=1S/C15H19ClN4O/c1-4-20-11(3)14(10(2)19-20)9-17-15(21)18-13-7-5-6-12(16)8-13/h5-8H,4,9H2,1-3H3,(H2,17,18,21). The molecule has 6 heteroatoms. The van der Waals surface area contributed by atoms with E-state index < -0.39 is 0 Å². The van der Waals surface area contributed by atoms with E-state index in [2.05, 4.69) is 15.7 Å². The van der Waals surface area contributed by atoms with E-state index in [9.17, 15) is 4.79 Å². The number of benzene rings is 1. The molecule has 21 heavy (non-hydrogen) atoms. The Kier molecular flexibility index (Phi) is 4.85. The molecule has 1 heterocycles. The maximum atomic E-state index is 11.9. The molecule has 2 aromatic rings. The summed E-state index contributed by atoms with van der Waals surface area (Å²) in [5.74, 6) is 0. The third kappa shape index (κ3) is 3.76. The van der Waals surface area contributed by atoms with Crippen molar-refractivity contribution in [2.75, 3.05) is 5.32 Å². The van der Waals surface area contributed by atoms with Crippen LogP contribution in [0.15, 0.2) is 24.3 Å². The minimum absolute atomic E-state index is 0.264. The average molecular weight is 307 g/mol. The van der Waals surface area contributed by atoms with Gasteiger partial charge in [-0.2, -0.15) is 5.10 Å². The first-order valence-electron chi connectivity index (χ1n) is 6.84. The number of hydrogen-bond donors (Lipinski definition) is 2. The van der Waals surface area contributed by atoms with Crippen LogP contribution < -0.4 is 10.6 Å². The lowest BCUT2D eigenvalue weighted by molar-refractivity contribution is 0.251. The summed E-state index contributed by atoms with van der Waals surface area (Å²) in [5, 5.41) is 10.6. The van der Waals surface area contributed by atoms with Gasteiger partial charge in [0.2, 0.25) is 0 Å². The number of carbonyl (C=O) groups excluding carboxylic acids is 1. The van der Waals surface area contributed by atoms with Gasteiger partial charge in [0.1, 0.15) is 0 Å². The number of nitrogens with zero attached hydrogens (tertiary/aromatic N) is 2. The second-order valence-electron chi connectivity index (χ2n) is 4.78. The first kappa shape index (κ1) is 15.4. The van der Waals surface area contributed by atoms with Crippen LogP contribution in [-0.2, 0) is 13.1 Å². The third-order valence-corrected chi connectivity index (χ3v) is 3.57. The molecule has 0 aliphatic heterocycles. The predicted octanol–water partition coefficient (Wildman–Crippen LogP) is 3.49. The molecular formula is C15H19ClN4O. The van der Waals surface area contributed by atoms with Gasteiger partial charge in [-0.05, 0) is 39.0 Å². The molecule has 0 bridgehead atoms. The molecule has 0 fully saturated rings. The van der Waals surface area contributed by atoms with Crippen molar-refractivity contribution < 1.29 is 4.79 Å². The Labute approximate surface area is 129 Å². The van der Waals surface area contributed by atoms with E-state index in [0.29, 0.717) is 17.3 Å². The number of rotatable bonds is 4. The lowest BCUT2D eigenvalue weighted by Crippen LogP contribution is -2.28. The summed E-state index contributed by atoms with van der Waals surface area (Å²) in [7, 11) is 0. The zero-order valence-electron chi connectivity index (χ0n) is 12.4. The topological polar surface area (TPSA) is 59.0 Å². The van der Waals surface area contributed by atoms with E-state index in [1.807, 2.05) is 25.5 Å². The van der Waals surface area contributed by atoms with Gasteiger partial charge in [0.25, 0.3) is 0 Å². The number of hydrogen-bond acceptors (Lipinski definition) is 2. The summed E-state index contributed by atoms with van der Waals surface area (Å²) >= 11 is 5.88. The summed E-state index contributed by atoms with van der Waals surface area (Å²) in [5.41, 5.74) is 3.74. The molecule has 0 unspecified atom stereocenters. The largest absolute Gasteiger partial charge is 0.334 e. The summed E-state index contributed by atoms with van der Waals surface area (Å²) in [6.07, 6.45) is 0. The SMILES string of the molecule is CCn1nc(C)c(CNC(=O)Nc2cccc(Cl)c2)c1C. The van der Waals surface area contributed by atoms with Crippen LogP contribution in [0.3, 0.4) is 0 Å². The maximum absolute atomic E-state index is 11.9. The Hall–Kier alpha value is -2.01. The average Bonchev–Trinajstić information content (AvgIpc) is 2.71. The van der Waals surface area contributed by atoms with Crippen LogP contribution in [0.5, 0.6) is 0 Å². The Morgan fingerprint density at radius 3 is 2.76 bits per heavy atom. The normalized spacial score (nSPS) is 10.5. The van der Waals surface area contributed by atoms with Gasteiger partial charge in [-0.15, -0.1) is 0 Å². The van der Waals surface area contributed by atoms with E-state index in [-0.39, 0.29) is 6.03 Å². The molecule has 0 aliphatic carbocycles. The zero-order chi connectivity index (χ0) is 15.4. The lowest BCUT2D eigenvalue weighted by atomic mass is 10.2. The van der Waals surface area contributed by atoms with Crippen molar-refractivity contribution >= 4 is 23.3 Å². The first-order valence-corrected chi connectivity index (χ1v) is 7.22. The van der Waals surface area contributed by atoms with Crippen molar-refractivity contribution in [1.82, 2.24) is 15.1 Å². The minimum atomic E-state index is -0.264. The molecule has 0 radical (unpaired) electrons. The number of anilines is 1. The number of urea groups is 1. The molecule has 2 N–H and O–H groups in total. The fourth-order valence-electron chi connectivity index (χ4n) is 2.21. The highest BCUT2D eigenvalue weighted by molar-refractivity contribution is 6.30. The van der Waals surface area contributed by atoms with Crippen LogP contribution in [0.1, 0.15) is 23.9 Å². The summed E-state index contributed by atoms with van der Waals surface area (Å²) < 4.78 is 1.93. The summed E-state index contributed by atoms with van der Waals surface area (Å²) in [4.78, 5) is 11.9. The maximum Gasteiger partial charge on any atom is 0.319 e.